The van der Waals surface area contributed by atoms with Crippen LogP contribution in [0.25, 0.3) is 10.8 Å². The average Bonchev–Trinajstić information content (AvgIpc) is 2.57. The molecule has 0 fully saturated rings. The zero-order chi connectivity index (χ0) is 17.7. The molecule has 0 heterocycles. The van der Waals surface area contributed by atoms with E-state index in [1.165, 1.54) is 0 Å². The van der Waals surface area contributed by atoms with E-state index in [2.05, 4.69) is 10.6 Å². The molecule has 24 heavy (non-hydrogen) atoms. The van der Waals surface area contributed by atoms with Crippen LogP contribution in [0.15, 0.2) is 36.4 Å². The van der Waals surface area contributed by atoms with Crippen molar-refractivity contribution in [2.45, 2.75) is 32.7 Å². The molecule has 0 aliphatic heterocycles. The molecule has 2 aromatic rings. The number of hydrogen-bond donors (Lipinski definition) is 2. The van der Waals surface area contributed by atoms with Gasteiger partial charge in [0, 0.05) is 6.04 Å². The zero-order valence-electron chi connectivity index (χ0n) is 14.6. The SMILES string of the molecule is COc1ccc2cc([C@H](C)C(=O)NCC(=O)NC(C)C)ccc2c1. The van der Waals surface area contributed by atoms with E-state index in [1.807, 2.05) is 57.2 Å². The molecule has 0 aromatic heterocycles. The molecule has 0 unspecified atom stereocenters. The highest BCUT2D eigenvalue weighted by Crippen LogP contribution is 2.25. The number of carbonyl (C=O) groups excluding carboxylic acids is 2. The van der Waals surface area contributed by atoms with Crippen LogP contribution >= 0.6 is 0 Å². The van der Waals surface area contributed by atoms with Crippen molar-refractivity contribution in [3.05, 3.63) is 42.0 Å². The van der Waals surface area contributed by atoms with Gasteiger partial charge in [0.2, 0.25) is 11.8 Å². The Morgan fingerprint density at radius 1 is 1.04 bits per heavy atom. The summed E-state index contributed by atoms with van der Waals surface area (Å²) in [6.45, 7) is 5.59. The van der Waals surface area contributed by atoms with Gasteiger partial charge in [-0.05, 0) is 49.2 Å². The van der Waals surface area contributed by atoms with E-state index in [-0.39, 0.29) is 30.3 Å². The lowest BCUT2D eigenvalue weighted by Crippen LogP contribution is -2.40. The Hall–Kier alpha value is -2.56. The summed E-state index contributed by atoms with van der Waals surface area (Å²) < 4.78 is 5.22. The van der Waals surface area contributed by atoms with E-state index >= 15 is 0 Å². The van der Waals surface area contributed by atoms with Crippen LogP contribution in [0.4, 0.5) is 0 Å². The molecule has 0 aliphatic rings. The van der Waals surface area contributed by atoms with Gasteiger partial charge in [0.25, 0.3) is 0 Å². The van der Waals surface area contributed by atoms with Gasteiger partial charge in [-0.3, -0.25) is 9.59 Å². The second kappa shape index (κ2) is 7.81. The van der Waals surface area contributed by atoms with Crippen molar-refractivity contribution in [1.29, 1.82) is 0 Å². The number of ether oxygens (including phenoxy) is 1. The fraction of sp³-hybridized carbons (Fsp3) is 0.368. The summed E-state index contributed by atoms with van der Waals surface area (Å²) in [6.07, 6.45) is 0. The second-order valence-electron chi connectivity index (χ2n) is 6.13. The third kappa shape index (κ3) is 4.47. The number of rotatable bonds is 6. The maximum absolute atomic E-state index is 12.3. The highest BCUT2D eigenvalue weighted by atomic mass is 16.5. The average molecular weight is 328 g/mol. The first kappa shape index (κ1) is 17.8. The summed E-state index contributed by atoms with van der Waals surface area (Å²) in [5.74, 6) is 0.124. The molecule has 2 aromatic carbocycles. The number of fused-ring (bicyclic) bond motifs is 1. The first-order valence-corrected chi connectivity index (χ1v) is 8.05. The largest absolute Gasteiger partial charge is 0.497 e. The van der Waals surface area contributed by atoms with Crippen molar-refractivity contribution in [3.8, 4) is 5.75 Å². The first-order chi connectivity index (χ1) is 11.4. The molecule has 1 atom stereocenters. The van der Waals surface area contributed by atoms with Gasteiger partial charge in [0.05, 0.1) is 19.6 Å². The van der Waals surface area contributed by atoms with Crippen LogP contribution in [0.3, 0.4) is 0 Å². The van der Waals surface area contributed by atoms with Gasteiger partial charge in [0.1, 0.15) is 5.75 Å². The van der Waals surface area contributed by atoms with Crippen molar-refractivity contribution >= 4 is 22.6 Å². The Balaban J connectivity index is 2.05. The van der Waals surface area contributed by atoms with Gasteiger partial charge in [0.15, 0.2) is 0 Å². The third-order valence-electron chi connectivity index (χ3n) is 3.84. The molecule has 2 N–H and O–H groups in total. The fourth-order valence-electron chi connectivity index (χ4n) is 2.48. The number of benzene rings is 2. The molecule has 5 heteroatoms. The minimum atomic E-state index is -0.330. The number of carbonyl (C=O) groups is 2. The zero-order valence-corrected chi connectivity index (χ0v) is 14.6. The summed E-state index contributed by atoms with van der Waals surface area (Å²) in [5.41, 5.74) is 0.912. The first-order valence-electron chi connectivity index (χ1n) is 8.05. The van der Waals surface area contributed by atoms with E-state index in [0.717, 1.165) is 22.1 Å². The summed E-state index contributed by atoms with van der Waals surface area (Å²) >= 11 is 0. The molecule has 2 amide bonds. The van der Waals surface area contributed by atoms with Gasteiger partial charge >= 0.3 is 0 Å². The lowest BCUT2D eigenvalue weighted by Gasteiger charge is -2.14. The maximum Gasteiger partial charge on any atom is 0.239 e. The van der Waals surface area contributed by atoms with Gasteiger partial charge in [-0.15, -0.1) is 0 Å². The highest BCUT2D eigenvalue weighted by molar-refractivity contribution is 5.90. The minimum Gasteiger partial charge on any atom is -0.497 e. The topological polar surface area (TPSA) is 67.4 Å². The Morgan fingerprint density at radius 3 is 2.38 bits per heavy atom. The van der Waals surface area contributed by atoms with Gasteiger partial charge in [-0.2, -0.15) is 0 Å². The van der Waals surface area contributed by atoms with Gasteiger partial charge in [-0.1, -0.05) is 24.3 Å². The Kier molecular flexibility index (Phi) is 5.79. The summed E-state index contributed by atoms with van der Waals surface area (Å²) in [5, 5.41) is 7.53. The molecule has 0 radical (unpaired) electrons. The summed E-state index contributed by atoms with van der Waals surface area (Å²) in [6, 6.07) is 11.8. The van der Waals surface area contributed by atoms with Gasteiger partial charge in [-0.25, -0.2) is 0 Å². The Bertz CT molecular complexity index is 740. The fourth-order valence-corrected chi connectivity index (χ4v) is 2.48. The number of hydrogen-bond acceptors (Lipinski definition) is 3. The lowest BCUT2D eigenvalue weighted by molar-refractivity contribution is -0.127. The summed E-state index contributed by atoms with van der Waals surface area (Å²) in [4.78, 5) is 23.9. The molecule has 5 nitrogen and oxygen atoms in total. The summed E-state index contributed by atoms with van der Waals surface area (Å²) in [7, 11) is 1.64. The third-order valence-corrected chi connectivity index (χ3v) is 3.84. The van der Waals surface area contributed by atoms with Gasteiger partial charge < -0.3 is 15.4 Å². The smallest absolute Gasteiger partial charge is 0.239 e. The Morgan fingerprint density at radius 2 is 1.71 bits per heavy atom. The molecule has 2 rings (SSSR count). The molecule has 0 saturated carbocycles. The molecule has 128 valence electrons. The minimum absolute atomic E-state index is 0.00780. The van der Waals surface area contributed by atoms with Crippen LogP contribution in [-0.2, 0) is 9.59 Å². The van der Waals surface area contributed by atoms with Crippen LogP contribution in [0.5, 0.6) is 5.75 Å². The normalized spacial score (nSPS) is 12.0. The molecular formula is C19H24N2O3. The standard InChI is InChI=1S/C19H24N2O3/c1-12(2)21-18(22)11-20-19(23)13(3)14-5-6-16-10-17(24-4)8-7-15(16)9-14/h5-10,12-13H,11H2,1-4H3,(H,20,23)(H,21,22)/t13-/m0/s1. The van der Waals surface area contributed by atoms with Crippen LogP contribution in [0.1, 0.15) is 32.3 Å². The lowest BCUT2D eigenvalue weighted by atomic mass is 9.97. The molecular weight excluding hydrogens is 304 g/mol. The number of nitrogens with one attached hydrogen (secondary N) is 2. The number of amides is 2. The van der Waals surface area contributed by atoms with Crippen LogP contribution < -0.4 is 15.4 Å². The van der Waals surface area contributed by atoms with Crippen molar-refractivity contribution in [2.24, 2.45) is 0 Å². The van der Waals surface area contributed by atoms with Crippen molar-refractivity contribution in [1.82, 2.24) is 10.6 Å². The predicted octanol–water partition coefficient (Wildman–Crippen LogP) is 2.59. The van der Waals surface area contributed by atoms with E-state index in [9.17, 15) is 9.59 Å². The van der Waals surface area contributed by atoms with Crippen molar-refractivity contribution in [3.63, 3.8) is 0 Å². The number of methoxy groups -OCH3 is 1. The van der Waals surface area contributed by atoms with Crippen LogP contribution in [-0.4, -0.2) is 31.5 Å². The van der Waals surface area contributed by atoms with E-state index in [4.69, 9.17) is 4.74 Å². The monoisotopic (exact) mass is 328 g/mol. The maximum atomic E-state index is 12.3. The molecule has 0 spiro atoms. The molecule has 0 bridgehead atoms. The van der Waals surface area contributed by atoms with Crippen molar-refractivity contribution in [2.75, 3.05) is 13.7 Å². The van der Waals surface area contributed by atoms with E-state index in [0.29, 0.717) is 0 Å². The quantitative estimate of drug-likeness (QED) is 0.856. The Labute approximate surface area is 142 Å². The van der Waals surface area contributed by atoms with Crippen LogP contribution in [0.2, 0.25) is 0 Å². The highest BCUT2D eigenvalue weighted by Gasteiger charge is 2.16. The van der Waals surface area contributed by atoms with E-state index < -0.39 is 0 Å². The van der Waals surface area contributed by atoms with E-state index in [1.54, 1.807) is 7.11 Å². The predicted molar refractivity (Wildman–Crippen MR) is 95.2 cm³/mol. The second-order valence-corrected chi connectivity index (χ2v) is 6.13. The van der Waals surface area contributed by atoms with Crippen LogP contribution in [0, 0.1) is 0 Å². The molecule has 0 saturated heterocycles. The molecule has 0 aliphatic carbocycles. The van der Waals surface area contributed by atoms with Crippen molar-refractivity contribution < 1.29 is 14.3 Å².